The van der Waals surface area contributed by atoms with Gasteiger partial charge in [0.1, 0.15) is 5.82 Å². The summed E-state index contributed by atoms with van der Waals surface area (Å²) in [7, 11) is 3.98. The zero-order valence-electron chi connectivity index (χ0n) is 12.9. The van der Waals surface area contributed by atoms with Gasteiger partial charge in [-0.05, 0) is 52.5 Å². The Bertz CT molecular complexity index is 498. The lowest BCUT2D eigenvalue weighted by Crippen LogP contribution is -2.33. The maximum absolute atomic E-state index is 11.8. The van der Waals surface area contributed by atoms with Crippen LogP contribution in [-0.2, 0) is 4.79 Å². The number of nitrogens with zero attached hydrogens (tertiary/aromatic N) is 3. The highest BCUT2D eigenvalue weighted by atomic mass is 16.2. The van der Waals surface area contributed by atoms with E-state index in [-0.39, 0.29) is 11.7 Å². The zero-order chi connectivity index (χ0) is 15.3. The van der Waals surface area contributed by atoms with Crippen LogP contribution < -0.4 is 4.90 Å². The van der Waals surface area contributed by atoms with Gasteiger partial charge in [0.2, 0.25) is 5.91 Å². The van der Waals surface area contributed by atoms with Crippen molar-refractivity contribution in [1.82, 2.24) is 9.88 Å². The Balaban J connectivity index is 3.02. The molecule has 0 aliphatic rings. The number of aryl methyl sites for hydroxylation is 1. The minimum atomic E-state index is -0.0948. The number of pyridine rings is 1. The normalized spacial score (nSPS) is 10.7. The number of amides is 1. The fourth-order valence-corrected chi connectivity index (χ4v) is 1.99. The van der Waals surface area contributed by atoms with Crippen LogP contribution in [0.15, 0.2) is 12.3 Å². The number of rotatable bonds is 6. The van der Waals surface area contributed by atoms with E-state index in [1.165, 1.54) is 13.8 Å². The molecule has 0 atom stereocenters. The molecule has 1 aromatic rings. The molecule has 0 saturated carbocycles. The second-order valence-corrected chi connectivity index (χ2v) is 5.27. The topological polar surface area (TPSA) is 53.5 Å². The van der Waals surface area contributed by atoms with Crippen molar-refractivity contribution in [1.29, 1.82) is 0 Å². The molecule has 0 fully saturated rings. The standard InChI is InChI=1S/C15H23N3O2/c1-11-9-14(12(2)19)15(16-10-11)18(13(3)20)8-6-7-17(4)5/h9-10H,6-8H2,1-5H3. The average Bonchev–Trinajstić information content (AvgIpc) is 2.34. The smallest absolute Gasteiger partial charge is 0.225 e. The highest BCUT2D eigenvalue weighted by Gasteiger charge is 2.19. The first-order chi connectivity index (χ1) is 9.32. The van der Waals surface area contributed by atoms with Crippen LogP contribution in [0.25, 0.3) is 0 Å². The van der Waals surface area contributed by atoms with Gasteiger partial charge in [-0.15, -0.1) is 0 Å². The van der Waals surface area contributed by atoms with Gasteiger partial charge in [-0.3, -0.25) is 14.5 Å². The Morgan fingerprint density at radius 1 is 1.20 bits per heavy atom. The summed E-state index contributed by atoms with van der Waals surface area (Å²) < 4.78 is 0. The minimum absolute atomic E-state index is 0.0740. The van der Waals surface area contributed by atoms with Crippen molar-refractivity contribution in [2.75, 3.05) is 32.1 Å². The quantitative estimate of drug-likeness (QED) is 0.745. The van der Waals surface area contributed by atoms with Gasteiger partial charge < -0.3 is 4.90 Å². The van der Waals surface area contributed by atoms with Crippen LogP contribution in [0.3, 0.4) is 0 Å². The number of carbonyl (C=O) groups excluding carboxylic acids is 2. The fourth-order valence-electron chi connectivity index (χ4n) is 1.99. The SMILES string of the molecule is CC(=O)c1cc(C)cnc1N(CCCN(C)C)C(C)=O. The van der Waals surface area contributed by atoms with Crippen LogP contribution in [0.2, 0.25) is 0 Å². The van der Waals surface area contributed by atoms with Crippen molar-refractivity contribution in [3.05, 3.63) is 23.4 Å². The number of Topliss-reactive ketones (excluding diaryl/α,β-unsaturated/α-hetero) is 1. The summed E-state index contributed by atoms with van der Waals surface area (Å²) in [6.07, 6.45) is 2.52. The third-order valence-electron chi connectivity index (χ3n) is 3.01. The molecule has 5 nitrogen and oxygen atoms in total. The van der Waals surface area contributed by atoms with Crippen molar-refractivity contribution in [2.24, 2.45) is 0 Å². The van der Waals surface area contributed by atoms with Crippen molar-refractivity contribution >= 4 is 17.5 Å². The molecule has 1 rings (SSSR count). The van der Waals surface area contributed by atoms with Gasteiger partial charge in [-0.1, -0.05) is 0 Å². The Morgan fingerprint density at radius 2 is 1.85 bits per heavy atom. The van der Waals surface area contributed by atoms with Crippen LogP contribution in [0.5, 0.6) is 0 Å². The highest BCUT2D eigenvalue weighted by Crippen LogP contribution is 2.20. The third-order valence-corrected chi connectivity index (χ3v) is 3.01. The van der Waals surface area contributed by atoms with Gasteiger partial charge in [0.15, 0.2) is 5.78 Å². The van der Waals surface area contributed by atoms with Gasteiger partial charge in [0.25, 0.3) is 0 Å². The summed E-state index contributed by atoms with van der Waals surface area (Å²) in [6.45, 7) is 6.32. The molecule has 1 heterocycles. The second kappa shape index (κ2) is 7.14. The molecule has 0 bridgehead atoms. The molecule has 20 heavy (non-hydrogen) atoms. The van der Waals surface area contributed by atoms with Crippen LogP contribution in [0, 0.1) is 6.92 Å². The van der Waals surface area contributed by atoms with Crippen LogP contribution in [0.1, 0.15) is 36.2 Å². The van der Waals surface area contributed by atoms with E-state index in [4.69, 9.17) is 0 Å². The number of anilines is 1. The lowest BCUT2D eigenvalue weighted by molar-refractivity contribution is -0.116. The molecule has 0 aromatic carbocycles. The molecule has 0 unspecified atom stereocenters. The van der Waals surface area contributed by atoms with E-state index in [1.807, 2.05) is 21.0 Å². The number of carbonyl (C=O) groups is 2. The van der Waals surface area contributed by atoms with Gasteiger partial charge in [-0.2, -0.15) is 0 Å². The predicted octanol–water partition coefficient (Wildman–Crippen LogP) is 1.90. The largest absolute Gasteiger partial charge is 0.309 e. The maximum Gasteiger partial charge on any atom is 0.225 e. The molecular weight excluding hydrogens is 254 g/mol. The minimum Gasteiger partial charge on any atom is -0.309 e. The lowest BCUT2D eigenvalue weighted by atomic mass is 10.1. The van der Waals surface area contributed by atoms with E-state index < -0.39 is 0 Å². The van der Waals surface area contributed by atoms with Crippen molar-refractivity contribution in [2.45, 2.75) is 27.2 Å². The van der Waals surface area contributed by atoms with Gasteiger partial charge in [-0.25, -0.2) is 4.98 Å². The van der Waals surface area contributed by atoms with Crippen molar-refractivity contribution in [3.8, 4) is 0 Å². The lowest BCUT2D eigenvalue weighted by Gasteiger charge is -2.23. The first-order valence-corrected chi connectivity index (χ1v) is 6.73. The van der Waals surface area contributed by atoms with E-state index in [1.54, 1.807) is 17.2 Å². The number of hydrogen-bond acceptors (Lipinski definition) is 4. The summed E-state index contributed by atoms with van der Waals surface area (Å²) in [6, 6.07) is 1.78. The van der Waals surface area contributed by atoms with Gasteiger partial charge in [0.05, 0.1) is 5.56 Å². The van der Waals surface area contributed by atoms with Crippen LogP contribution in [0.4, 0.5) is 5.82 Å². The molecule has 0 aliphatic heterocycles. The molecule has 0 radical (unpaired) electrons. The average molecular weight is 277 g/mol. The van der Waals surface area contributed by atoms with Gasteiger partial charge in [0, 0.05) is 19.7 Å². The monoisotopic (exact) mass is 277 g/mol. The molecular formula is C15H23N3O2. The highest BCUT2D eigenvalue weighted by molar-refractivity contribution is 6.03. The molecule has 0 N–H and O–H groups in total. The second-order valence-electron chi connectivity index (χ2n) is 5.27. The summed E-state index contributed by atoms with van der Waals surface area (Å²) in [5, 5.41) is 0. The molecule has 110 valence electrons. The molecule has 0 spiro atoms. The first kappa shape index (κ1) is 16.3. The molecule has 1 amide bonds. The molecule has 0 saturated heterocycles. The number of ketones is 1. The van der Waals surface area contributed by atoms with E-state index in [2.05, 4.69) is 9.88 Å². The number of hydrogen-bond donors (Lipinski definition) is 0. The first-order valence-electron chi connectivity index (χ1n) is 6.73. The van der Waals surface area contributed by atoms with Crippen molar-refractivity contribution in [3.63, 3.8) is 0 Å². The summed E-state index contributed by atoms with van der Waals surface area (Å²) in [5.74, 6) is 0.298. The fraction of sp³-hybridized carbons (Fsp3) is 0.533. The molecule has 5 heteroatoms. The van der Waals surface area contributed by atoms with E-state index in [0.29, 0.717) is 17.9 Å². The Morgan fingerprint density at radius 3 is 2.35 bits per heavy atom. The van der Waals surface area contributed by atoms with E-state index in [0.717, 1.165) is 18.5 Å². The molecule has 1 aromatic heterocycles. The number of aromatic nitrogens is 1. The van der Waals surface area contributed by atoms with E-state index >= 15 is 0 Å². The summed E-state index contributed by atoms with van der Waals surface area (Å²) >= 11 is 0. The summed E-state index contributed by atoms with van der Waals surface area (Å²) in [5.41, 5.74) is 1.42. The Hall–Kier alpha value is -1.75. The summed E-state index contributed by atoms with van der Waals surface area (Å²) in [4.78, 5) is 31.5. The van der Waals surface area contributed by atoms with Crippen molar-refractivity contribution < 1.29 is 9.59 Å². The maximum atomic E-state index is 11.8. The van der Waals surface area contributed by atoms with Crippen LogP contribution >= 0.6 is 0 Å². The third kappa shape index (κ3) is 4.42. The zero-order valence-corrected chi connectivity index (χ0v) is 12.9. The predicted molar refractivity (Wildman–Crippen MR) is 80.2 cm³/mol. The van der Waals surface area contributed by atoms with E-state index in [9.17, 15) is 9.59 Å². The van der Waals surface area contributed by atoms with Crippen LogP contribution in [-0.4, -0.2) is 48.8 Å². The Labute approximate surface area is 120 Å². The van der Waals surface area contributed by atoms with Gasteiger partial charge >= 0.3 is 0 Å². The Kier molecular flexibility index (Phi) is 5.82. The molecule has 0 aliphatic carbocycles.